The van der Waals surface area contributed by atoms with Crippen LogP contribution in [0.5, 0.6) is 5.75 Å². The summed E-state index contributed by atoms with van der Waals surface area (Å²) >= 11 is 0. The van der Waals surface area contributed by atoms with Gasteiger partial charge in [-0.2, -0.15) is 0 Å². The fraction of sp³-hybridized carbons (Fsp3) is 0. The summed E-state index contributed by atoms with van der Waals surface area (Å²) in [7, 11) is 0. The zero-order valence-electron chi connectivity index (χ0n) is 7.27. The van der Waals surface area contributed by atoms with Gasteiger partial charge in [0.05, 0.1) is 11.7 Å². The lowest BCUT2D eigenvalue weighted by Gasteiger charge is -2.03. The van der Waals surface area contributed by atoms with E-state index in [1.165, 1.54) is 10.9 Å². The summed E-state index contributed by atoms with van der Waals surface area (Å²) in [6.45, 7) is 0. The number of benzene rings is 1. The number of fused-ring (bicyclic) bond motifs is 1. The van der Waals surface area contributed by atoms with Gasteiger partial charge in [-0.3, -0.25) is 4.68 Å². The van der Waals surface area contributed by atoms with Gasteiger partial charge in [-0.05, 0) is 12.1 Å². The molecular formula is C9H9N3O2. The van der Waals surface area contributed by atoms with Crippen LogP contribution in [-0.2, 0) is 0 Å². The molecule has 0 spiro atoms. The molecule has 0 aliphatic carbocycles. The van der Waals surface area contributed by atoms with Gasteiger partial charge >= 0.3 is 6.03 Å². The normalized spacial score (nSPS) is 10.3. The monoisotopic (exact) mass is 191 g/mol. The number of aromatic nitrogens is 1. The lowest BCUT2D eigenvalue weighted by molar-refractivity contribution is 0.257. The molecule has 1 aromatic heterocycles. The number of para-hydroxylation sites is 1. The van der Waals surface area contributed by atoms with Crippen molar-refractivity contribution in [2.75, 3.05) is 5.43 Å². The van der Waals surface area contributed by atoms with E-state index in [0.29, 0.717) is 10.9 Å². The van der Waals surface area contributed by atoms with Crippen molar-refractivity contribution in [3.63, 3.8) is 0 Å². The van der Waals surface area contributed by atoms with Crippen LogP contribution in [0.25, 0.3) is 10.9 Å². The molecule has 2 aromatic rings. The molecule has 0 aliphatic rings. The molecule has 4 N–H and O–H groups in total. The molecular weight excluding hydrogens is 182 g/mol. The van der Waals surface area contributed by atoms with E-state index >= 15 is 0 Å². The minimum Gasteiger partial charge on any atom is -0.506 e. The van der Waals surface area contributed by atoms with Gasteiger partial charge in [-0.1, -0.05) is 12.1 Å². The maximum absolute atomic E-state index is 10.6. The molecule has 14 heavy (non-hydrogen) atoms. The highest BCUT2D eigenvalue weighted by Gasteiger charge is 2.06. The Balaban J connectivity index is 2.60. The fourth-order valence-electron chi connectivity index (χ4n) is 1.37. The second kappa shape index (κ2) is 2.95. The van der Waals surface area contributed by atoms with Crippen molar-refractivity contribution in [2.45, 2.75) is 0 Å². The van der Waals surface area contributed by atoms with E-state index in [-0.39, 0.29) is 5.75 Å². The molecule has 0 saturated carbocycles. The molecule has 72 valence electrons. The number of urea groups is 1. The zero-order chi connectivity index (χ0) is 10.1. The first-order valence-electron chi connectivity index (χ1n) is 4.04. The zero-order valence-corrected chi connectivity index (χ0v) is 7.27. The number of primary amides is 1. The third kappa shape index (κ3) is 1.24. The molecule has 2 rings (SSSR count). The number of carbonyl (C=O) groups is 1. The van der Waals surface area contributed by atoms with E-state index in [0.717, 1.165) is 0 Å². The third-order valence-electron chi connectivity index (χ3n) is 1.92. The Bertz CT molecular complexity index is 490. The predicted octanol–water partition coefficient (Wildman–Crippen LogP) is 0.969. The van der Waals surface area contributed by atoms with E-state index in [2.05, 4.69) is 5.43 Å². The maximum atomic E-state index is 10.6. The SMILES string of the molecule is NC(=O)Nn1cc(O)c2ccccc21. The highest BCUT2D eigenvalue weighted by atomic mass is 16.3. The first kappa shape index (κ1) is 8.43. The quantitative estimate of drug-likeness (QED) is 0.627. The molecule has 0 atom stereocenters. The highest BCUT2D eigenvalue weighted by Crippen LogP contribution is 2.25. The minimum absolute atomic E-state index is 0.106. The van der Waals surface area contributed by atoms with E-state index in [1.54, 1.807) is 24.3 Å². The van der Waals surface area contributed by atoms with Gasteiger partial charge in [0.2, 0.25) is 0 Å². The van der Waals surface area contributed by atoms with Crippen molar-refractivity contribution in [3.8, 4) is 5.75 Å². The first-order valence-corrected chi connectivity index (χ1v) is 4.04. The third-order valence-corrected chi connectivity index (χ3v) is 1.92. The van der Waals surface area contributed by atoms with Crippen LogP contribution in [0.3, 0.4) is 0 Å². The number of nitrogens with two attached hydrogens (primary N) is 1. The van der Waals surface area contributed by atoms with Crippen molar-refractivity contribution in [1.82, 2.24) is 4.68 Å². The maximum Gasteiger partial charge on any atom is 0.331 e. The fourth-order valence-corrected chi connectivity index (χ4v) is 1.37. The molecule has 1 aromatic carbocycles. The molecule has 5 heteroatoms. The Morgan fingerprint density at radius 2 is 2.14 bits per heavy atom. The average molecular weight is 191 g/mol. The van der Waals surface area contributed by atoms with Gasteiger partial charge in [0.15, 0.2) is 0 Å². The van der Waals surface area contributed by atoms with Crippen LogP contribution in [0.15, 0.2) is 30.5 Å². The second-order valence-electron chi connectivity index (χ2n) is 2.88. The van der Waals surface area contributed by atoms with Crippen LogP contribution in [0, 0.1) is 0 Å². The minimum atomic E-state index is -0.675. The van der Waals surface area contributed by atoms with Crippen LogP contribution in [0.1, 0.15) is 0 Å². The molecule has 0 saturated heterocycles. The van der Waals surface area contributed by atoms with Gasteiger partial charge in [0.1, 0.15) is 5.75 Å². The van der Waals surface area contributed by atoms with E-state index in [4.69, 9.17) is 5.73 Å². The van der Waals surface area contributed by atoms with Crippen LogP contribution in [0.4, 0.5) is 4.79 Å². The van der Waals surface area contributed by atoms with Crippen molar-refractivity contribution in [3.05, 3.63) is 30.5 Å². The van der Waals surface area contributed by atoms with Gasteiger partial charge in [-0.25, -0.2) is 10.2 Å². The largest absolute Gasteiger partial charge is 0.506 e. The van der Waals surface area contributed by atoms with Gasteiger partial charge in [0.25, 0.3) is 0 Å². The Kier molecular flexibility index (Phi) is 1.78. The number of aromatic hydroxyl groups is 1. The van der Waals surface area contributed by atoms with Crippen molar-refractivity contribution in [2.24, 2.45) is 5.73 Å². The number of nitrogens with one attached hydrogen (secondary N) is 1. The number of nitrogens with zero attached hydrogens (tertiary/aromatic N) is 1. The number of rotatable bonds is 1. The summed E-state index contributed by atoms with van der Waals surface area (Å²) in [6.07, 6.45) is 1.40. The summed E-state index contributed by atoms with van der Waals surface area (Å²) in [5.74, 6) is 0.106. The van der Waals surface area contributed by atoms with Crippen LogP contribution >= 0.6 is 0 Å². The molecule has 0 unspecified atom stereocenters. The van der Waals surface area contributed by atoms with Crippen LogP contribution in [-0.4, -0.2) is 15.8 Å². The Labute approximate surface area is 79.7 Å². The summed E-state index contributed by atoms with van der Waals surface area (Å²) in [6, 6.07) is 6.46. The van der Waals surface area contributed by atoms with E-state index in [1.807, 2.05) is 0 Å². The molecule has 5 nitrogen and oxygen atoms in total. The average Bonchev–Trinajstić information content (AvgIpc) is 2.44. The number of amides is 2. The number of hydrogen-bond donors (Lipinski definition) is 3. The molecule has 0 fully saturated rings. The van der Waals surface area contributed by atoms with Gasteiger partial charge in [0, 0.05) is 5.39 Å². The van der Waals surface area contributed by atoms with Crippen molar-refractivity contribution in [1.29, 1.82) is 0 Å². The highest BCUT2D eigenvalue weighted by molar-refractivity contribution is 5.89. The second-order valence-corrected chi connectivity index (χ2v) is 2.88. The van der Waals surface area contributed by atoms with Crippen molar-refractivity contribution < 1.29 is 9.90 Å². The summed E-state index contributed by atoms with van der Waals surface area (Å²) in [5.41, 5.74) is 8.03. The first-order chi connectivity index (χ1) is 6.68. The van der Waals surface area contributed by atoms with Crippen LogP contribution in [0.2, 0.25) is 0 Å². The smallest absolute Gasteiger partial charge is 0.331 e. The number of carbonyl (C=O) groups excluding carboxylic acids is 1. The van der Waals surface area contributed by atoms with Gasteiger partial charge < -0.3 is 10.8 Å². The summed E-state index contributed by atoms with van der Waals surface area (Å²) in [5, 5.41) is 10.2. The standard InChI is InChI=1S/C9H9N3O2/c10-9(14)11-12-5-8(13)6-3-1-2-4-7(6)12/h1-5,13H,(H3,10,11,14). The molecule has 1 heterocycles. The van der Waals surface area contributed by atoms with E-state index < -0.39 is 6.03 Å². The molecule has 0 radical (unpaired) electrons. The predicted molar refractivity (Wildman–Crippen MR) is 52.5 cm³/mol. The Morgan fingerprint density at radius 3 is 2.86 bits per heavy atom. The summed E-state index contributed by atoms with van der Waals surface area (Å²) in [4.78, 5) is 10.6. The topological polar surface area (TPSA) is 80.3 Å². The lowest BCUT2D eigenvalue weighted by atomic mass is 10.2. The number of hydrogen-bond acceptors (Lipinski definition) is 2. The van der Waals surface area contributed by atoms with Crippen molar-refractivity contribution >= 4 is 16.9 Å². The van der Waals surface area contributed by atoms with Crippen LogP contribution < -0.4 is 11.2 Å². The lowest BCUT2D eigenvalue weighted by Crippen LogP contribution is -2.27. The van der Waals surface area contributed by atoms with Gasteiger partial charge in [-0.15, -0.1) is 0 Å². The Morgan fingerprint density at radius 1 is 1.43 bits per heavy atom. The molecule has 0 aliphatic heterocycles. The molecule has 0 bridgehead atoms. The van der Waals surface area contributed by atoms with E-state index in [9.17, 15) is 9.90 Å². The molecule has 2 amide bonds. The summed E-state index contributed by atoms with van der Waals surface area (Å²) < 4.78 is 1.38. The Hall–Kier alpha value is -2.17.